The molecular formula is C18H26N2O2. The molecule has 0 atom stereocenters. The van der Waals surface area contributed by atoms with Gasteiger partial charge in [0.25, 0.3) is 5.91 Å². The zero-order chi connectivity index (χ0) is 15.6. The van der Waals surface area contributed by atoms with Gasteiger partial charge in [0.1, 0.15) is 5.75 Å². The van der Waals surface area contributed by atoms with E-state index in [2.05, 4.69) is 5.32 Å². The van der Waals surface area contributed by atoms with E-state index < -0.39 is 0 Å². The van der Waals surface area contributed by atoms with Crippen LogP contribution in [0.25, 0.3) is 0 Å². The number of likely N-dealkylation sites (tertiary alicyclic amines) is 1. The number of hydrogen-bond donors (Lipinski definition) is 1. The predicted molar refractivity (Wildman–Crippen MR) is 87.4 cm³/mol. The van der Waals surface area contributed by atoms with Gasteiger partial charge >= 0.3 is 0 Å². The van der Waals surface area contributed by atoms with E-state index in [-0.39, 0.29) is 5.91 Å². The first-order valence-electron chi connectivity index (χ1n) is 8.28. The number of nitrogens with one attached hydrogen (secondary N) is 1. The van der Waals surface area contributed by atoms with Gasteiger partial charge < -0.3 is 15.0 Å². The molecule has 120 valence electrons. The molecule has 22 heavy (non-hydrogen) atoms. The summed E-state index contributed by atoms with van der Waals surface area (Å²) in [6.07, 6.45) is 4.80. The summed E-state index contributed by atoms with van der Waals surface area (Å²) < 4.78 is 5.34. The number of amides is 1. The minimum atomic E-state index is 0.141. The highest BCUT2D eigenvalue weighted by atomic mass is 16.5. The van der Waals surface area contributed by atoms with Crippen LogP contribution in [0.1, 0.15) is 41.6 Å². The number of carbonyl (C=O) groups is 1. The molecule has 2 fully saturated rings. The summed E-state index contributed by atoms with van der Waals surface area (Å²) in [5, 5.41) is 3.44. The number of piperidine rings is 2. The first kappa shape index (κ1) is 15.3. The highest BCUT2D eigenvalue weighted by Gasteiger charge is 2.36. The number of carbonyl (C=O) groups excluding carboxylic acids is 1. The van der Waals surface area contributed by atoms with Crippen molar-refractivity contribution in [3.05, 3.63) is 29.3 Å². The van der Waals surface area contributed by atoms with E-state index in [1.54, 1.807) is 7.11 Å². The second-order valence-electron chi connectivity index (χ2n) is 6.73. The largest absolute Gasteiger partial charge is 0.496 e. The fraction of sp³-hybridized carbons (Fsp3) is 0.611. The van der Waals surface area contributed by atoms with Crippen LogP contribution in [0.15, 0.2) is 18.2 Å². The number of hydrogen-bond acceptors (Lipinski definition) is 3. The quantitative estimate of drug-likeness (QED) is 0.913. The molecule has 1 aromatic rings. The van der Waals surface area contributed by atoms with Crippen LogP contribution < -0.4 is 10.1 Å². The number of ether oxygens (including phenoxy) is 1. The standard InChI is InChI=1S/C18H26N2O2/c1-14-3-4-15(13-16(14)22-2)17(21)20-11-7-18(8-12-20)5-9-19-10-6-18/h3-4,13,19H,5-12H2,1-2H3. The third-order valence-corrected chi connectivity index (χ3v) is 5.43. The lowest BCUT2D eigenvalue weighted by molar-refractivity contribution is 0.0495. The molecule has 2 aliphatic rings. The molecule has 1 aromatic carbocycles. The zero-order valence-electron chi connectivity index (χ0n) is 13.7. The van der Waals surface area contributed by atoms with Gasteiger partial charge in [-0.3, -0.25) is 4.79 Å². The Morgan fingerprint density at radius 3 is 2.50 bits per heavy atom. The van der Waals surface area contributed by atoms with Crippen LogP contribution in [-0.2, 0) is 0 Å². The van der Waals surface area contributed by atoms with Crippen LogP contribution in [0.5, 0.6) is 5.75 Å². The molecule has 0 radical (unpaired) electrons. The van der Waals surface area contributed by atoms with Gasteiger partial charge in [0, 0.05) is 18.7 Å². The van der Waals surface area contributed by atoms with Crippen LogP contribution in [0, 0.1) is 12.3 Å². The summed E-state index contributed by atoms with van der Waals surface area (Å²) in [6, 6.07) is 5.74. The van der Waals surface area contributed by atoms with Gasteiger partial charge in [0.05, 0.1) is 7.11 Å². The van der Waals surface area contributed by atoms with E-state index in [0.717, 1.165) is 55.9 Å². The molecule has 1 N–H and O–H groups in total. The van der Waals surface area contributed by atoms with Gasteiger partial charge in [-0.1, -0.05) is 6.07 Å². The Morgan fingerprint density at radius 2 is 1.86 bits per heavy atom. The van der Waals surface area contributed by atoms with Gasteiger partial charge in [0.15, 0.2) is 0 Å². The Kier molecular flexibility index (Phi) is 4.39. The van der Waals surface area contributed by atoms with E-state index in [4.69, 9.17) is 4.74 Å². The number of aryl methyl sites for hydroxylation is 1. The summed E-state index contributed by atoms with van der Waals surface area (Å²) in [7, 11) is 1.65. The smallest absolute Gasteiger partial charge is 0.253 e. The summed E-state index contributed by atoms with van der Waals surface area (Å²) in [5.41, 5.74) is 2.28. The third-order valence-electron chi connectivity index (χ3n) is 5.43. The Balaban J connectivity index is 1.67. The fourth-order valence-corrected chi connectivity index (χ4v) is 3.78. The Labute approximate surface area is 132 Å². The summed E-state index contributed by atoms with van der Waals surface area (Å²) in [4.78, 5) is 14.7. The molecule has 0 aromatic heterocycles. The van der Waals surface area contributed by atoms with E-state index in [1.165, 1.54) is 12.8 Å². The van der Waals surface area contributed by atoms with Crippen molar-refractivity contribution >= 4 is 5.91 Å². The molecule has 0 saturated carbocycles. The number of methoxy groups -OCH3 is 1. The van der Waals surface area contributed by atoms with Crippen molar-refractivity contribution in [2.45, 2.75) is 32.6 Å². The van der Waals surface area contributed by atoms with Crippen molar-refractivity contribution in [3.8, 4) is 5.75 Å². The van der Waals surface area contributed by atoms with Crippen molar-refractivity contribution in [3.63, 3.8) is 0 Å². The van der Waals surface area contributed by atoms with Crippen LogP contribution in [0.4, 0.5) is 0 Å². The number of benzene rings is 1. The molecular weight excluding hydrogens is 276 g/mol. The van der Waals surface area contributed by atoms with Crippen LogP contribution in [0.2, 0.25) is 0 Å². The van der Waals surface area contributed by atoms with Gasteiger partial charge in [0.2, 0.25) is 0 Å². The van der Waals surface area contributed by atoms with Crippen LogP contribution >= 0.6 is 0 Å². The lowest BCUT2D eigenvalue weighted by Crippen LogP contribution is -2.47. The molecule has 4 heteroatoms. The molecule has 2 heterocycles. The minimum absolute atomic E-state index is 0.141. The molecule has 4 nitrogen and oxygen atoms in total. The first-order chi connectivity index (χ1) is 10.6. The van der Waals surface area contributed by atoms with E-state index in [1.807, 2.05) is 30.0 Å². The summed E-state index contributed by atoms with van der Waals surface area (Å²) >= 11 is 0. The van der Waals surface area contributed by atoms with E-state index in [0.29, 0.717) is 5.41 Å². The third kappa shape index (κ3) is 2.98. The average Bonchev–Trinajstić information content (AvgIpc) is 2.56. The Bertz CT molecular complexity index is 540. The first-order valence-corrected chi connectivity index (χ1v) is 8.28. The topological polar surface area (TPSA) is 41.6 Å². The molecule has 3 rings (SSSR count). The maximum atomic E-state index is 12.7. The molecule has 2 saturated heterocycles. The highest BCUT2D eigenvalue weighted by Crippen LogP contribution is 2.39. The summed E-state index contributed by atoms with van der Waals surface area (Å²) in [5.74, 6) is 0.930. The molecule has 1 amide bonds. The Morgan fingerprint density at radius 1 is 1.18 bits per heavy atom. The van der Waals surface area contributed by atoms with Crippen LogP contribution in [-0.4, -0.2) is 44.1 Å². The molecule has 2 aliphatic heterocycles. The maximum Gasteiger partial charge on any atom is 0.253 e. The normalized spacial score (nSPS) is 20.9. The van der Waals surface area contributed by atoms with Crippen molar-refractivity contribution in [1.82, 2.24) is 10.2 Å². The second kappa shape index (κ2) is 6.29. The van der Waals surface area contributed by atoms with Crippen molar-refractivity contribution < 1.29 is 9.53 Å². The zero-order valence-corrected chi connectivity index (χ0v) is 13.7. The van der Waals surface area contributed by atoms with E-state index in [9.17, 15) is 4.79 Å². The van der Waals surface area contributed by atoms with Gasteiger partial charge in [-0.05, 0) is 68.8 Å². The minimum Gasteiger partial charge on any atom is -0.496 e. The highest BCUT2D eigenvalue weighted by molar-refractivity contribution is 5.94. The number of rotatable bonds is 2. The van der Waals surface area contributed by atoms with Crippen molar-refractivity contribution in [1.29, 1.82) is 0 Å². The average molecular weight is 302 g/mol. The number of nitrogens with zero attached hydrogens (tertiary/aromatic N) is 1. The SMILES string of the molecule is COc1cc(C(=O)N2CCC3(CCNCC3)CC2)ccc1C. The lowest BCUT2D eigenvalue weighted by atomic mass is 9.71. The monoisotopic (exact) mass is 302 g/mol. The lowest BCUT2D eigenvalue weighted by Gasteiger charge is -2.44. The molecule has 0 unspecified atom stereocenters. The van der Waals surface area contributed by atoms with Gasteiger partial charge in [-0.15, -0.1) is 0 Å². The van der Waals surface area contributed by atoms with Crippen molar-refractivity contribution in [2.24, 2.45) is 5.41 Å². The van der Waals surface area contributed by atoms with Gasteiger partial charge in [-0.25, -0.2) is 0 Å². The molecule has 0 bridgehead atoms. The van der Waals surface area contributed by atoms with Gasteiger partial charge in [-0.2, -0.15) is 0 Å². The molecule has 0 aliphatic carbocycles. The van der Waals surface area contributed by atoms with Crippen LogP contribution in [0.3, 0.4) is 0 Å². The summed E-state index contributed by atoms with van der Waals surface area (Å²) in [6.45, 7) is 6.02. The second-order valence-corrected chi connectivity index (χ2v) is 6.73. The van der Waals surface area contributed by atoms with Crippen molar-refractivity contribution in [2.75, 3.05) is 33.3 Å². The van der Waals surface area contributed by atoms with E-state index >= 15 is 0 Å². The maximum absolute atomic E-state index is 12.7. The fourth-order valence-electron chi connectivity index (χ4n) is 3.78. The Hall–Kier alpha value is -1.55. The molecule has 1 spiro atoms. The predicted octanol–water partition coefficient (Wildman–Crippen LogP) is 2.61.